The number of carbonyl (C=O) groups is 2. The summed E-state index contributed by atoms with van der Waals surface area (Å²) in [5.74, 6) is -2.18. The minimum Gasteiger partial charge on any atom is -0.461 e. The molecule has 1 heterocycles. The van der Waals surface area contributed by atoms with Gasteiger partial charge in [0.25, 0.3) is 0 Å². The fourth-order valence-electron chi connectivity index (χ4n) is 4.34. The molecule has 1 N–H and O–H groups in total. The van der Waals surface area contributed by atoms with Gasteiger partial charge in [-0.15, -0.1) is 0 Å². The molecule has 2 aliphatic carbocycles. The molecular formula is C16H12BrClF3NO3. The van der Waals surface area contributed by atoms with E-state index in [1.165, 1.54) is 0 Å². The maximum absolute atomic E-state index is 12.9. The molecule has 9 heteroatoms. The van der Waals surface area contributed by atoms with Gasteiger partial charge in [0.05, 0.1) is 32.9 Å². The standard InChI is InChI=1S/C16H12BrClF3NO3/c17-12-6-4-7-11(15(24)25-13(7)12)10(6)14(23)22-9-3-5(16(19,20)21)1-2-8(9)18/h1-3,6-7,10-13H,4H2,(H,22,23)/t6-,7-,10-,11+,12+,13+/m1/s1. The van der Waals surface area contributed by atoms with E-state index in [9.17, 15) is 22.8 Å². The molecule has 1 aliphatic heterocycles. The second kappa shape index (κ2) is 5.61. The summed E-state index contributed by atoms with van der Waals surface area (Å²) in [5.41, 5.74) is -1.02. The molecule has 1 amide bonds. The highest BCUT2D eigenvalue weighted by Crippen LogP contribution is 2.60. The predicted molar refractivity (Wildman–Crippen MR) is 86.3 cm³/mol. The number of halogens is 5. The minimum atomic E-state index is -4.54. The highest BCUT2D eigenvalue weighted by Gasteiger charge is 2.67. The van der Waals surface area contributed by atoms with Crippen LogP contribution in [0.15, 0.2) is 18.2 Å². The van der Waals surface area contributed by atoms with Gasteiger partial charge in [-0.2, -0.15) is 13.2 Å². The van der Waals surface area contributed by atoms with Crippen molar-refractivity contribution in [3.63, 3.8) is 0 Å². The molecule has 3 fully saturated rings. The van der Waals surface area contributed by atoms with Gasteiger partial charge in [0.2, 0.25) is 5.91 Å². The number of anilines is 1. The molecule has 1 aromatic rings. The van der Waals surface area contributed by atoms with Gasteiger partial charge in [0.1, 0.15) is 6.10 Å². The Bertz CT molecular complexity index is 771. The number of rotatable bonds is 2. The first kappa shape index (κ1) is 17.1. The van der Waals surface area contributed by atoms with E-state index in [1.54, 1.807) is 0 Å². The van der Waals surface area contributed by atoms with E-state index in [0.29, 0.717) is 6.42 Å². The molecule has 4 nitrogen and oxygen atoms in total. The molecule has 0 radical (unpaired) electrons. The van der Waals surface area contributed by atoms with Crippen molar-refractivity contribution in [2.75, 3.05) is 5.32 Å². The number of alkyl halides is 4. The molecule has 0 unspecified atom stereocenters. The van der Waals surface area contributed by atoms with Crippen molar-refractivity contribution in [1.82, 2.24) is 0 Å². The summed E-state index contributed by atoms with van der Waals surface area (Å²) in [7, 11) is 0. The molecule has 0 aromatic heterocycles. The monoisotopic (exact) mass is 437 g/mol. The summed E-state index contributed by atoms with van der Waals surface area (Å²) in [6, 6.07) is 2.74. The molecule has 6 atom stereocenters. The molecule has 3 aliphatic rings. The van der Waals surface area contributed by atoms with E-state index in [4.69, 9.17) is 16.3 Å². The Kier molecular flexibility index (Phi) is 3.85. The Balaban J connectivity index is 1.60. The Morgan fingerprint density at radius 2 is 2.04 bits per heavy atom. The van der Waals surface area contributed by atoms with Gasteiger partial charge in [-0.25, -0.2) is 0 Å². The summed E-state index contributed by atoms with van der Waals surface area (Å²) < 4.78 is 43.9. The molecule has 1 aromatic carbocycles. The zero-order valence-corrected chi connectivity index (χ0v) is 14.9. The van der Waals surface area contributed by atoms with E-state index < -0.39 is 35.5 Å². The molecule has 2 saturated carbocycles. The molecule has 1 saturated heterocycles. The van der Waals surface area contributed by atoms with Crippen LogP contribution in [-0.2, 0) is 20.5 Å². The van der Waals surface area contributed by atoms with Gasteiger partial charge in [-0.3, -0.25) is 9.59 Å². The van der Waals surface area contributed by atoms with Crippen LogP contribution < -0.4 is 5.32 Å². The zero-order valence-electron chi connectivity index (χ0n) is 12.5. The Labute approximate surface area is 154 Å². The SMILES string of the molecule is O=C(Nc1cc(C(F)(F)F)ccc1Cl)[C@@H]1[C@H]2C[C@H]3[C@H](OC(=O)[C@@H]31)[C@H]2Br. The van der Waals surface area contributed by atoms with Gasteiger partial charge in [0.15, 0.2) is 0 Å². The average molecular weight is 439 g/mol. The molecular weight excluding hydrogens is 427 g/mol. The van der Waals surface area contributed by atoms with Gasteiger partial charge in [-0.1, -0.05) is 27.5 Å². The second-order valence-corrected chi connectivity index (χ2v) is 8.11. The number of benzene rings is 1. The van der Waals surface area contributed by atoms with Crippen LogP contribution in [0.3, 0.4) is 0 Å². The molecule has 0 spiro atoms. The summed E-state index contributed by atoms with van der Waals surface area (Å²) in [6.45, 7) is 0. The van der Waals surface area contributed by atoms with Crippen LogP contribution in [0.1, 0.15) is 12.0 Å². The Morgan fingerprint density at radius 1 is 1.32 bits per heavy atom. The van der Waals surface area contributed by atoms with Gasteiger partial charge in [-0.05, 0) is 30.5 Å². The molecule has 25 heavy (non-hydrogen) atoms. The van der Waals surface area contributed by atoms with Crippen LogP contribution in [0.5, 0.6) is 0 Å². The maximum atomic E-state index is 12.9. The van der Waals surface area contributed by atoms with Crippen molar-refractivity contribution >= 4 is 45.1 Å². The Hall–Kier alpha value is -1.28. The van der Waals surface area contributed by atoms with Crippen molar-refractivity contribution in [3.8, 4) is 0 Å². The summed E-state index contributed by atoms with van der Waals surface area (Å²) in [4.78, 5) is 24.7. The lowest BCUT2D eigenvalue weighted by Gasteiger charge is -2.27. The number of amides is 1. The number of hydrogen-bond donors (Lipinski definition) is 1. The van der Waals surface area contributed by atoms with Gasteiger partial charge in [0, 0.05) is 5.92 Å². The molecule has 4 rings (SSSR count). The molecule has 134 valence electrons. The van der Waals surface area contributed by atoms with E-state index in [2.05, 4.69) is 21.2 Å². The summed E-state index contributed by atoms with van der Waals surface area (Å²) in [5, 5.41) is 2.48. The van der Waals surface area contributed by atoms with E-state index >= 15 is 0 Å². The highest BCUT2D eigenvalue weighted by atomic mass is 79.9. The summed E-state index contributed by atoms with van der Waals surface area (Å²) >= 11 is 9.42. The lowest BCUT2D eigenvalue weighted by atomic mass is 9.79. The number of fused-ring (bicyclic) bond motifs is 1. The topological polar surface area (TPSA) is 55.4 Å². The first-order valence-electron chi connectivity index (χ1n) is 7.70. The number of esters is 1. The van der Waals surface area contributed by atoms with Crippen LogP contribution in [-0.4, -0.2) is 22.8 Å². The van der Waals surface area contributed by atoms with Crippen molar-refractivity contribution < 1.29 is 27.5 Å². The maximum Gasteiger partial charge on any atom is 0.416 e. The third kappa shape index (κ3) is 2.56. The van der Waals surface area contributed by atoms with Crippen LogP contribution in [0.2, 0.25) is 5.02 Å². The van der Waals surface area contributed by atoms with E-state index in [-0.39, 0.29) is 33.5 Å². The third-order valence-corrected chi connectivity index (χ3v) is 6.91. The van der Waals surface area contributed by atoms with E-state index in [0.717, 1.165) is 18.2 Å². The fourth-order valence-corrected chi connectivity index (χ4v) is 5.55. The number of nitrogens with one attached hydrogen (secondary N) is 1. The van der Waals surface area contributed by atoms with Crippen LogP contribution >= 0.6 is 27.5 Å². The first-order chi connectivity index (χ1) is 11.7. The number of hydrogen-bond acceptors (Lipinski definition) is 3. The second-order valence-electron chi connectivity index (χ2n) is 6.64. The van der Waals surface area contributed by atoms with Crippen LogP contribution in [0.4, 0.5) is 18.9 Å². The first-order valence-corrected chi connectivity index (χ1v) is 9.00. The fraction of sp³-hybridized carbons (Fsp3) is 0.500. The lowest BCUT2D eigenvalue weighted by molar-refractivity contribution is -0.145. The Morgan fingerprint density at radius 3 is 2.72 bits per heavy atom. The number of ether oxygens (including phenoxy) is 1. The summed E-state index contributed by atoms with van der Waals surface area (Å²) in [6.07, 6.45) is -4.07. The average Bonchev–Trinajstić information content (AvgIpc) is 3.12. The third-order valence-electron chi connectivity index (χ3n) is 5.38. The van der Waals surface area contributed by atoms with Crippen molar-refractivity contribution in [3.05, 3.63) is 28.8 Å². The number of carbonyl (C=O) groups excluding carboxylic acids is 2. The smallest absolute Gasteiger partial charge is 0.416 e. The predicted octanol–water partition coefficient (Wildman–Crippen LogP) is 3.87. The van der Waals surface area contributed by atoms with E-state index in [1.807, 2.05) is 0 Å². The minimum absolute atomic E-state index is 0.00627. The van der Waals surface area contributed by atoms with Crippen LogP contribution in [0.25, 0.3) is 0 Å². The lowest BCUT2D eigenvalue weighted by Crippen LogP contribution is -2.40. The van der Waals surface area contributed by atoms with Crippen molar-refractivity contribution in [2.24, 2.45) is 23.7 Å². The largest absolute Gasteiger partial charge is 0.461 e. The van der Waals surface area contributed by atoms with Gasteiger partial charge >= 0.3 is 12.1 Å². The van der Waals surface area contributed by atoms with Crippen molar-refractivity contribution in [2.45, 2.75) is 23.5 Å². The quantitative estimate of drug-likeness (QED) is 0.563. The normalized spacial score (nSPS) is 35.8. The van der Waals surface area contributed by atoms with Crippen molar-refractivity contribution in [1.29, 1.82) is 0 Å². The van der Waals surface area contributed by atoms with Gasteiger partial charge < -0.3 is 10.1 Å². The van der Waals surface area contributed by atoms with Crippen LogP contribution in [0, 0.1) is 23.7 Å². The molecule has 2 bridgehead atoms. The highest BCUT2D eigenvalue weighted by molar-refractivity contribution is 9.09. The zero-order chi connectivity index (χ0) is 18.1.